The standard InChI is InChI=1S/C19H27N5S/c1-5-7-12-24-18(17(6-2)23(3)4)21-22-19(24)25-14-16-11-9-8-10-15(16)13-20/h8-11,17H,5-7,12,14H2,1-4H3. The maximum atomic E-state index is 9.26. The number of nitrogens with zero attached hydrogens (tertiary/aromatic N) is 5. The molecular formula is C19H27N5S. The Hall–Kier alpha value is -1.84. The predicted octanol–water partition coefficient (Wildman–Crippen LogP) is 4.25. The number of hydrogen-bond acceptors (Lipinski definition) is 5. The minimum absolute atomic E-state index is 0.269. The molecule has 2 rings (SSSR count). The van der Waals surface area contributed by atoms with E-state index in [2.05, 4.69) is 53.7 Å². The highest BCUT2D eigenvalue weighted by molar-refractivity contribution is 7.98. The van der Waals surface area contributed by atoms with Crippen LogP contribution in [0.15, 0.2) is 29.4 Å². The molecule has 6 heteroatoms. The van der Waals surface area contributed by atoms with E-state index < -0.39 is 0 Å². The minimum atomic E-state index is 0.269. The summed E-state index contributed by atoms with van der Waals surface area (Å²) in [5, 5.41) is 19.2. The van der Waals surface area contributed by atoms with Crippen LogP contribution in [0.3, 0.4) is 0 Å². The second kappa shape index (κ2) is 9.59. The number of nitriles is 1. The molecule has 0 fully saturated rings. The molecule has 0 spiro atoms. The number of hydrogen-bond donors (Lipinski definition) is 0. The highest BCUT2D eigenvalue weighted by atomic mass is 32.2. The first kappa shape index (κ1) is 19.5. The second-order valence-corrected chi connectivity index (χ2v) is 7.23. The molecule has 1 heterocycles. The summed E-state index contributed by atoms with van der Waals surface area (Å²) in [7, 11) is 4.17. The fourth-order valence-corrected chi connectivity index (χ4v) is 3.83. The van der Waals surface area contributed by atoms with Crippen LogP contribution in [0.2, 0.25) is 0 Å². The molecule has 1 aromatic heterocycles. The molecule has 0 N–H and O–H groups in total. The molecule has 25 heavy (non-hydrogen) atoms. The highest BCUT2D eigenvalue weighted by Gasteiger charge is 2.21. The quantitative estimate of drug-likeness (QED) is 0.628. The Labute approximate surface area is 155 Å². The lowest BCUT2D eigenvalue weighted by molar-refractivity contribution is 0.270. The molecule has 0 aliphatic heterocycles. The second-order valence-electron chi connectivity index (χ2n) is 6.29. The van der Waals surface area contributed by atoms with E-state index in [9.17, 15) is 5.26 Å². The van der Waals surface area contributed by atoms with Gasteiger partial charge in [0, 0.05) is 12.3 Å². The Morgan fingerprint density at radius 2 is 2.00 bits per heavy atom. The lowest BCUT2D eigenvalue weighted by atomic mass is 10.1. The molecule has 1 aromatic carbocycles. The number of thioether (sulfide) groups is 1. The fraction of sp³-hybridized carbons (Fsp3) is 0.526. The van der Waals surface area contributed by atoms with Gasteiger partial charge in [0.05, 0.1) is 17.7 Å². The van der Waals surface area contributed by atoms with Crippen LogP contribution >= 0.6 is 11.8 Å². The van der Waals surface area contributed by atoms with Gasteiger partial charge in [0.25, 0.3) is 0 Å². The van der Waals surface area contributed by atoms with Gasteiger partial charge in [-0.15, -0.1) is 10.2 Å². The third-order valence-electron chi connectivity index (χ3n) is 4.28. The SMILES string of the molecule is CCCCn1c(SCc2ccccc2C#N)nnc1C(CC)N(C)C. The van der Waals surface area contributed by atoms with E-state index >= 15 is 0 Å². The van der Waals surface area contributed by atoms with Crippen molar-refractivity contribution in [1.82, 2.24) is 19.7 Å². The largest absolute Gasteiger partial charge is 0.305 e. The van der Waals surface area contributed by atoms with Crippen molar-refractivity contribution in [3.8, 4) is 6.07 Å². The molecule has 5 nitrogen and oxygen atoms in total. The zero-order valence-corrected chi connectivity index (χ0v) is 16.4. The molecule has 0 saturated carbocycles. The van der Waals surface area contributed by atoms with E-state index in [0.29, 0.717) is 0 Å². The normalized spacial score (nSPS) is 12.3. The summed E-state index contributed by atoms with van der Waals surface area (Å²) in [6.45, 7) is 5.31. The molecular weight excluding hydrogens is 330 g/mol. The summed E-state index contributed by atoms with van der Waals surface area (Å²) in [5.41, 5.74) is 1.77. The molecule has 0 aliphatic carbocycles. The number of rotatable bonds is 9. The number of benzene rings is 1. The molecule has 134 valence electrons. The van der Waals surface area contributed by atoms with Gasteiger partial charge in [0.2, 0.25) is 0 Å². The first-order valence-electron chi connectivity index (χ1n) is 8.82. The van der Waals surface area contributed by atoms with Crippen molar-refractivity contribution in [1.29, 1.82) is 5.26 Å². The molecule has 1 atom stereocenters. The van der Waals surface area contributed by atoms with Gasteiger partial charge in [-0.05, 0) is 38.6 Å². The van der Waals surface area contributed by atoms with E-state index in [1.165, 1.54) is 0 Å². The van der Waals surface area contributed by atoms with Gasteiger partial charge >= 0.3 is 0 Å². The maximum Gasteiger partial charge on any atom is 0.191 e. The summed E-state index contributed by atoms with van der Waals surface area (Å²) >= 11 is 1.66. The van der Waals surface area contributed by atoms with Gasteiger partial charge in [-0.25, -0.2) is 0 Å². The Bertz CT molecular complexity index is 717. The summed E-state index contributed by atoms with van der Waals surface area (Å²) in [6.07, 6.45) is 3.24. The van der Waals surface area contributed by atoms with Gasteiger partial charge in [-0.2, -0.15) is 5.26 Å². The maximum absolute atomic E-state index is 9.26. The molecule has 0 saturated heterocycles. The van der Waals surface area contributed by atoms with Gasteiger partial charge in [0.15, 0.2) is 11.0 Å². The van der Waals surface area contributed by atoms with Gasteiger partial charge < -0.3 is 4.57 Å². The van der Waals surface area contributed by atoms with E-state index in [1.807, 2.05) is 24.3 Å². The van der Waals surface area contributed by atoms with Crippen molar-refractivity contribution in [3.63, 3.8) is 0 Å². The Morgan fingerprint density at radius 3 is 2.64 bits per heavy atom. The Kier molecular flexibility index (Phi) is 7.48. The van der Waals surface area contributed by atoms with Gasteiger partial charge in [-0.3, -0.25) is 4.90 Å². The van der Waals surface area contributed by atoms with Crippen LogP contribution in [0.5, 0.6) is 0 Å². The molecule has 1 unspecified atom stereocenters. The van der Waals surface area contributed by atoms with Crippen LogP contribution < -0.4 is 0 Å². The molecule has 2 aromatic rings. The summed E-state index contributed by atoms with van der Waals surface area (Å²) in [6, 6.07) is 10.3. The molecule has 0 bridgehead atoms. The topological polar surface area (TPSA) is 57.7 Å². The van der Waals surface area contributed by atoms with Crippen molar-refractivity contribution >= 4 is 11.8 Å². The third-order valence-corrected chi connectivity index (χ3v) is 5.30. The summed E-state index contributed by atoms with van der Waals surface area (Å²) < 4.78 is 2.26. The van der Waals surface area contributed by atoms with Crippen molar-refractivity contribution in [3.05, 3.63) is 41.2 Å². The fourth-order valence-electron chi connectivity index (χ4n) is 2.86. The third kappa shape index (κ3) is 4.83. The van der Waals surface area contributed by atoms with E-state index in [-0.39, 0.29) is 6.04 Å². The minimum Gasteiger partial charge on any atom is -0.305 e. The Balaban J connectivity index is 2.25. The van der Waals surface area contributed by atoms with E-state index in [4.69, 9.17) is 0 Å². The van der Waals surface area contributed by atoms with Crippen molar-refractivity contribution in [2.24, 2.45) is 0 Å². The first-order chi connectivity index (χ1) is 12.1. The monoisotopic (exact) mass is 357 g/mol. The lowest BCUT2D eigenvalue weighted by Crippen LogP contribution is -2.23. The summed E-state index contributed by atoms with van der Waals surface area (Å²) in [4.78, 5) is 2.20. The zero-order chi connectivity index (χ0) is 18.2. The average molecular weight is 358 g/mol. The van der Waals surface area contributed by atoms with Crippen LogP contribution in [0.1, 0.15) is 56.1 Å². The van der Waals surface area contributed by atoms with Crippen LogP contribution in [0, 0.1) is 11.3 Å². The number of unbranched alkanes of at least 4 members (excludes halogenated alkanes) is 1. The first-order valence-corrected chi connectivity index (χ1v) is 9.81. The van der Waals surface area contributed by atoms with Crippen LogP contribution in [0.25, 0.3) is 0 Å². The summed E-state index contributed by atoms with van der Waals surface area (Å²) in [5.74, 6) is 1.77. The van der Waals surface area contributed by atoms with Crippen molar-refractivity contribution < 1.29 is 0 Å². The smallest absolute Gasteiger partial charge is 0.191 e. The van der Waals surface area contributed by atoms with Gasteiger partial charge in [-0.1, -0.05) is 50.2 Å². The lowest BCUT2D eigenvalue weighted by Gasteiger charge is -2.23. The molecule has 0 aliphatic rings. The van der Waals surface area contributed by atoms with Gasteiger partial charge in [0.1, 0.15) is 0 Å². The van der Waals surface area contributed by atoms with Crippen molar-refractivity contribution in [2.75, 3.05) is 14.1 Å². The number of aromatic nitrogens is 3. The van der Waals surface area contributed by atoms with Crippen LogP contribution in [-0.4, -0.2) is 33.8 Å². The average Bonchev–Trinajstić information content (AvgIpc) is 3.01. The van der Waals surface area contributed by atoms with Crippen LogP contribution in [0.4, 0.5) is 0 Å². The van der Waals surface area contributed by atoms with Crippen molar-refractivity contribution in [2.45, 2.75) is 56.6 Å². The van der Waals surface area contributed by atoms with E-state index in [1.54, 1.807) is 11.8 Å². The van der Waals surface area contributed by atoms with E-state index in [0.717, 1.165) is 53.7 Å². The Morgan fingerprint density at radius 1 is 1.24 bits per heavy atom. The molecule has 0 radical (unpaired) electrons. The predicted molar refractivity (Wildman–Crippen MR) is 102 cm³/mol. The zero-order valence-electron chi connectivity index (χ0n) is 15.6. The molecule has 0 amide bonds. The van der Waals surface area contributed by atoms with Crippen LogP contribution in [-0.2, 0) is 12.3 Å². The highest BCUT2D eigenvalue weighted by Crippen LogP contribution is 2.28.